The summed E-state index contributed by atoms with van der Waals surface area (Å²) >= 11 is 1.27. The number of aromatic nitrogens is 1. The fourth-order valence-electron chi connectivity index (χ4n) is 1.92. The lowest BCUT2D eigenvalue weighted by atomic mass is 10.2. The fourth-order valence-corrected chi connectivity index (χ4v) is 3.99. The Morgan fingerprint density at radius 2 is 2.14 bits per heavy atom. The van der Waals surface area contributed by atoms with E-state index in [-0.39, 0.29) is 17.4 Å². The predicted molar refractivity (Wildman–Crippen MR) is 83.0 cm³/mol. The van der Waals surface area contributed by atoms with Gasteiger partial charge in [-0.1, -0.05) is 0 Å². The first kappa shape index (κ1) is 14.8. The summed E-state index contributed by atoms with van der Waals surface area (Å²) in [6, 6.07) is 4.30. The maximum atomic E-state index is 12.4. The quantitative estimate of drug-likeness (QED) is 0.890. The van der Waals surface area contributed by atoms with E-state index in [2.05, 4.69) is 15.0 Å². The largest absolute Gasteiger partial charge is 0.482 e. The molecular weight excluding hydrogens is 326 g/mol. The van der Waals surface area contributed by atoms with Gasteiger partial charge in [-0.2, -0.15) is 0 Å². The van der Waals surface area contributed by atoms with E-state index in [1.165, 1.54) is 29.5 Å². The molecule has 1 aliphatic rings. The number of fused-ring (bicyclic) bond motifs is 1. The number of thiazole rings is 1. The van der Waals surface area contributed by atoms with Crippen LogP contribution in [0.3, 0.4) is 0 Å². The first-order chi connectivity index (χ1) is 10.3. The van der Waals surface area contributed by atoms with Crippen molar-refractivity contribution in [1.29, 1.82) is 0 Å². The summed E-state index contributed by atoms with van der Waals surface area (Å²) in [4.78, 5) is 16.4. The fraction of sp³-hybridized carbons (Fsp3) is 0.231. The van der Waals surface area contributed by atoms with Crippen LogP contribution < -0.4 is 14.8 Å². The Balaban J connectivity index is 1.92. The van der Waals surface area contributed by atoms with Gasteiger partial charge in [-0.15, -0.1) is 11.3 Å². The van der Waals surface area contributed by atoms with Crippen LogP contribution in [0.1, 0.15) is 10.6 Å². The summed E-state index contributed by atoms with van der Waals surface area (Å²) in [6.45, 7) is 3.61. The second-order valence-electron chi connectivity index (χ2n) is 4.76. The third-order valence-electron chi connectivity index (χ3n) is 3.14. The monoisotopic (exact) mass is 339 g/mol. The molecule has 0 bridgehead atoms. The minimum absolute atomic E-state index is 0.0301. The Kier molecular flexibility index (Phi) is 3.53. The Hall–Kier alpha value is -2.13. The number of hydrogen-bond acceptors (Lipinski definition) is 6. The Labute approximate surface area is 131 Å². The van der Waals surface area contributed by atoms with E-state index in [1.54, 1.807) is 0 Å². The van der Waals surface area contributed by atoms with Crippen molar-refractivity contribution in [2.24, 2.45) is 0 Å². The summed E-state index contributed by atoms with van der Waals surface area (Å²) in [6.07, 6.45) is 0. The number of carbonyl (C=O) groups is 1. The molecule has 0 aliphatic carbocycles. The van der Waals surface area contributed by atoms with E-state index in [0.29, 0.717) is 16.6 Å². The highest BCUT2D eigenvalue weighted by Gasteiger charge is 2.22. The number of benzene rings is 1. The van der Waals surface area contributed by atoms with Gasteiger partial charge >= 0.3 is 0 Å². The number of hydrogen-bond donors (Lipinski definition) is 2. The lowest BCUT2D eigenvalue weighted by Crippen LogP contribution is -2.25. The molecule has 1 aromatic heterocycles. The maximum Gasteiger partial charge on any atom is 0.263 e. The molecule has 1 aromatic carbocycles. The van der Waals surface area contributed by atoms with Crippen molar-refractivity contribution in [2.45, 2.75) is 18.7 Å². The Morgan fingerprint density at radius 3 is 2.82 bits per heavy atom. The van der Waals surface area contributed by atoms with Crippen molar-refractivity contribution in [3.63, 3.8) is 0 Å². The van der Waals surface area contributed by atoms with Crippen molar-refractivity contribution in [3.05, 3.63) is 28.8 Å². The third-order valence-corrected chi connectivity index (χ3v) is 5.60. The molecule has 1 aliphatic heterocycles. The van der Waals surface area contributed by atoms with Crippen molar-refractivity contribution in [3.8, 4) is 5.75 Å². The van der Waals surface area contributed by atoms with Crippen LogP contribution in [0.2, 0.25) is 0 Å². The van der Waals surface area contributed by atoms with E-state index in [0.717, 1.165) is 10.6 Å². The number of nitrogens with one attached hydrogen (secondary N) is 2. The minimum Gasteiger partial charge on any atom is -0.482 e. The molecule has 0 saturated heterocycles. The molecule has 0 radical (unpaired) electrons. The standard InChI is InChI=1S/C13H13N3O4S2/c1-7-8(2)21-13(14-7)16-22(18,19)9-3-4-11-10(5-9)15-12(17)6-20-11/h3-5H,6H2,1-2H3,(H,14,16)(H,15,17). The molecule has 3 rings (SSSR count). The van der Waals surface area contributed by atoms with Crippen LogP contribution in [0.15, 0.2) is 23.1 Å². The average molecular weight is 339 g/mol. The lowest BCUT2D eigenvalue weighted by Gasteiger charge is -2.18. The first-order valence-corrected chi connectivity index (χ1v) is 8.69. The highest BCUT2D eigenvalue weighted by atomic mass is 32.2. The number of amides is 1. The molecule has 7 nitrogen and oxygen atoms in total. The van der Waals surface area contributed by atoms with Crippen molar-refractivity contribution < 1.29 is 17.9 Å². The van der Waals surface area contributed by atoms with Crippen LogP contribution in [0.4, 0.5) is 10.8 Å². The van der Waals surface area contributed by atoms with Gasteiger partial charge in [0, 0.05) is 4.88 Å². The van der Waals surface area contributed by atoms with Gasteiger partial charge in [0.25, 0.3) is 15.9 Å². The number of ether oxygens (including phenoxy) is 1. The van der Waals surface area contributed by atoms with Crippen molar-refractivity contribution in [2.75, 3.05) is 16.6 Å². The van der Waals surface area contributed by atoms with Gasteiger partial charge in [0.15, 0.2) is 11.7 Å². The minimum atomic E-state index is -3.78. The van der Waals surface area contributed by atoms with E-state index in [1.807, 2.05) is 13.8 Å². The van der Waals surface area contributed by atoms with Crippen molar-refractivity contribution in [1.82, 2.24) is 4.98 Å². The summed E-state index contributed by atoms with van der Waals surface area (Å²) in [5, 5.41) is 2.89. The van der Waals surface area contributed by atoms with Gasteiger partial charge in [-0.05, 0) is 32.0 Å². The molecule has 0 unspecified atom stereocenters. The van der Waals surface area contributed by atoms with Crippen LogP contribution in [0.25, 0.3) is 0 Å². The second-order valence-corrected chi connectivity index (χ2v) is 7.65. The summed E-state index contributed by atoms with van der Waals surface area (Å²) in [5.41, 5.74) is 1.12. The lowest BCUT2D eigenvalue weighted by molar-refractivity contribution is -0.118. The van der Waals surface area contributed by atoms with Crippen LogP contribution in [0.5, 0.6) is 5.75 Å². The van der Waals surface area contributed by atoms with Crippen LogP contribution in [-0.2, 0) is 14.8 Å². The summed E-state index contributed by atoms with van der Waals surface area (Å²) in [7, 11) is -3.78. The van der Waals surface area contributed by atoms with E-state index >= 15 is 0 Å². The van der Waals surface area contributed by atoms with E-state index in [9.17, 15) is 13.2 Å². The van der Waals surface area contributed by atoms with Gasteiger partial charge in [-0.25, -0.2) is 13.4 Å². The molecule has 116 valence electrons. The number of carbonyl (C=O) groups excluding carboxylic acids is 1. The normalized spacial score (nSPS) is 14.0. The zero-order chi connectivity index (χ0) is 15.9. The molecule has 1 amide bonds. The molecule has 0 saturated carbocycles. The zero-order valence-corrected chi connectivity index (χ0v) is 13.5. The van der Waals surface area contributed by atoms with Crippen molar-refractivity contribution >= 4 is 38.1 Å². The predicted octanol–water partition coefficient (Wildman–Crippen LogP) is 1.89. The number of nitrogens with zero attached hydrogens (tertiary/aromatic N) is 1. The maximum absolute atomic E-state index is 12.4. The molecule has 0 atom stereocenters. The second kappa shape index (κ2) is 5.25. The molecule has 9 heteroatoms. The number of anilines is 2. The van der Waals surface area contributed by atoms with Gasteiger partial charge < -0.3 is 10.1 Å². The molecule has 0 fully saturated rings. The average Bonchev–Trinajstić information content (AvgIpc) is 2.75. The molecule has 2 aromatic rings. The Bertz CT molecular complexity index is 839. The highest BCUT2D eigenvalue weighted by Crippen LogP contribution is 2.31. The highest BCUT2D eigenvalue weighted by molar-refractivity contribution is 7.93. The smallest absolute Gasteiger partial charge is 0.263 e. The number of rotatable bonds is 3. The molecule has 2 N–H and O–H groups in total. The topological polar surface area (TPSA) is 97.4 Å². The summed E-state index contributed by atoms with van der Waals surface area (Å²) in [5.74, 6) is 0.126. The molecular formula is C13H13N3O4S2. The Morgan fingerprint density at radius 1 is 1.36 bits per heavy atom. The zero-order valence-electron chi connectivity index (χ0n) is 11.8. The summed E-state index contributed by atoms with van der Waals surface area (Å²) < 4.78 is 32.4. The first-order valence-electron chi connectivity index (χ1n) is 6.39. The van der Waals surface area contributed by atoms with E-state index in [4.69, 9.17) is 4.74 Å². The number of aryl methyl sites for hydroxylation is 2. The SMILES string of the molecule is Cc1nc(NS(=O)(=O)c2ccc3c(c2)NC(=O)CO3)sc1C. The third kappa shape index (κ3) is 2.77. The van der Waals surface area contributed by atoms with Crippen LogP contribution >= 0.6 is 11.3 Å². The van der Waals surface area contributed by atoms with Gasteiger partial charge in [0.05, 0.1) is 16.3 Å². The number of sulfonamides is 1. The van der Waals surface area contributed by atoms with Gasteiger partial charge in [-0.3, -0.25) is 9.52 Å². The van der Waals surface area contributed by atoms with Gasteiger partial charge in [0.2, 0.25) is 0 Å². The van der Waals surface area contributed by atoms with Crippen LogP contribution in [-0.4, -0.2) is 25.9 Å². The van der Waals surface area contributed by atoms with Gasteiger partial charge in [0.1, 0.15) is 5.75 Å². The molecule has 22 heavy (non-hydrogen) atoms. The van der Waals surface area contributed by atoms with Crippen LogP contribution in [0, 0.1) is 13.8 Å². The van der Waals surface area contributed by atoms with E-state index < -0.39 is 10.0 Å². The molecule has 0 spiro atoms. The molecule has 2 heterocycles.